The van der Waals surface area contributed by atoms with E-state index in [2.05, 4.69) is 19.7 Å². The molecule has 3 heterocycles. The van der Waals surface area contributed by atoms with Crippen molar-refractivity contribution >= 4 is 5.69 Å². The van der Waals surface area contributed by atoms with Crippen LogP contribution >= 0.6 is 0 Å². The van der Waals surface area contributed by atoms with Crippen LogP contribution in [0.25, 0.3) is 0 Å². The van der Waals surface area contributed by atoms with E-state index in [9.17, 15) is 9.18 Å². The van der Waals surface area contributed by atoms with E-state index >= 15 is 0 Å². The molecule has 0 bridgehead atoms. The molecule has 2 aliphatic rings. The van der Waals surface area contributed by atoms with E-state index in [-0.39, 0.29) is 11.4 Å². The van der Waals surface area contributed by atoms with Crippen LogP contribution in [-0.2, 0) is 6.54 Å². The van der Waals surface area contributed by atoms with E-state index in [1.807, 2.05) is 19.1 Å². The summed E-state index contributed by atoms with van der Waals surface area (Å²) in [5.74, 6) is -0.185. The molecule has 0 N–H and O–H groups in total. The van der Waals surface area contributed by atoms with Crippen LogP contribution in [0.15, 0.2) is 41.5 Å². The van der Waals surface area contributed by atoms with Crippen LogP contribution in [0, 0.1) is 12.7 Å². The van der Waals surface area contributed by atoms with Gasteiger partial charge in [-0.3, -0.25) is 19.2 Å². The zero-order valence-corrected chi connectivity index (χ0v) is 15.7. The molecule has 0 amide bonds. The number of aryl methyl sites for hydroxylation is 1. The molecule has 0 atom stereocenters. The van der Waals surface area contributed by atoms with Gasteiger partial charge in [0.2, 0.25) is 0 Å². The molecule has 0 unspecified atom stereocenters. The number of hydrogen-bond donors (Lipinski definition) is 0. The van der Waals surface area contributed by atoms with Crippen molar-refractivity contribution in [2.75, 3.05) is 50.7 Å². The Kier molecular flexibility index (Phi) is 5.22. The zero-order chi connectivity index (χ0) is 18.8. The number of halogens is 1. The summed E-state index contributed by atoms with van der Waals surface area (Å²) in [4.78, 5) is 23.4. The minimum Gasteiger partial charge on any atom is -0.369 e. The Morgan fingerprint density at radius 3 is 2.44 bits per heavy atom. The molecule has 2 fully saturated rings. The molecule has 0 saturated carbocycles. The van der Waals surface area contributed by atoms with Gasteiger partial charge in [0.1, 0.15) is 5.82 Å². The van der Waals surface area contributed by atoms with Gasteiger partial charge in [0.25, 0.3) is 5.56 Å². The molecular formula is C20H26FN5O. The first-order valence-corrected chi connectivity index (χ1v) is 9.58. The van der Waals surface area contributed by atoms with Crippen LogP contribution in [0.1, 0.15) is 5.69 Å². The highest BCUT2D eigenvalue weighted by Gasteiger charge is 2.33. The van der Waals surface area contributed by atoms with Crippen LogP contribution in [0.5, 0.6) is 0 Å². The fourth-order valence-electron chi connectivity index (χ4n) is 3.89. The Hall–Kier alpha value is -2.25. The Bertz CT molecular complexity index is 823. The van der Waals surface area contributed by atoms with Crippen LogP contribution in [0.3, 0.4) is 0 Å². The van der Waals surface area contributed by atoms with Crippen LogP contribution in [0.2, 0.25) is 0 Å². The van der Waals surface area contributed by atoms with Gasteiger partial charge in [-0.15, -0.1) is 0 Å². The summed E-state index contributed by atoms with van der Waals surface area (Å²) in [5.41, 5.74) is 1.89. The lowest BCUT2D eigenvalue weighted by molar-refractivity contribution is 0.0286. The predicted molar refractivity (Wildman–Crippen MR) is 104 cm³/mol. The van der Waals surface area contributed by atoms with Crippen LogP contribution in [-0.4, -0.2) is 71.2 Å². The van der Waals surface area contributed by atoms with Gasteiger partial charge in [0.15, 0.2) is 0 Å². The van der Waals surface area contributed by atoms with Gasteiger partial charge >= 0.3 is 0 Å². The number of nitrogens with zero attached hydrogens (tertiary/aromatic N) is 5. The topological polar surface area (TPSA) is 44.6 Å². The van der Waals surface area contributed by atoms with Crippen LogP contribution in [0.4, 0.5) is 10.1 Å². The lowest BCUT2D eigenvalue weighted by Crippen LogP contribution is -2.63. The van der Waals surface area contributed by atoms with E-state index in [0.717, 1.165) is 57.2 Å². The maximum absolute atomic E-state index is 13.1. The first kappa shape index (κ1) is 18.1. The van der Waals surface area contributed by atoms with Crippen molar-refractivity contribution in [1.82, 2.24) is 19.4 Å². The van der Waals surface area contributed by atoms with Crippen molar-refractivity contribution in [1.29, 1.82) is 0 Å². The first-order valence-electron chi connectivity index (χ1n) is 9.58. The molecule has 1 aromatic heterocycles. The minimum absolute atomic E-state index is 0.0245. The van der Waals surface area contributed by atoms with Gasteiger partial charge in [0, 0.05) is 75.8 Å². The summed E-state index contributed by atoms with van der Waals surface area (Å²) in [7, 11) is 0. The molecule has 0 radical (unpaired) electrons. The SMILES string of the molecule is Cc1cc(=O)n(CCN2CC(N3CCN(c4ccc(F)cc4)CC3)C2)cn1. The molecule has 2 aromatic rings. The summed E-state index contributed by atoms with van der Waals surface area (Å²) >= 11 is 0. The number of anilines is 1. The average molecular weight is 371 g/mol. The van der Waals surface area contributed by atoms with E-state index in [1.54, 1.807) is 17.0 Å². The molecular weight excluding hydrogens is 345 g/mol. The van der Waals surface area contributed by atoms with Crippen molar-refractivity contribution in [3.63, 3.8) is 0 Å². The number of piperazine rings is 1. The summed E-state index contributed by atoms with van der Waals surface area (Å²) in [6.07, 6.45) is 1.64. The predicted octanol–water partition coefficient (Wildman–Crippen LogP) is 1.20. The third kappa shape index (κ3) is 4.20. The van der Waals surface area contributed by atoms with E-state index in [4.69, 9.17) is 0 Å². The molecule has 0 spiro atoms. The van der Waals surface area contributed by atoms with Crippen molar-refractivity contribution in [2.45, 2.75) is 19.5 Å². The molecule has 1 aromatic carbocycles. The lowest BCUT2D eigenvalue weighted by atomic mass is 10.1. The maximum atomic E-state index is 13.1. The highest BCUT2D eigenvalue weighted by Crippen LogP contribution is 2.21. The maximum Gasteiger partial charge on any atom is 0.253 e. The monoisotopic (exact) mass is 371 g/mol. The molecule has 144 valence electrons. The molecule has 7 heteroatoms. The van der Waals surface area contributed by atoms with Crippen LogP contribution < -0.4 is 10.5 Å². The second-order valence-corrected chi connectivity index (χ2v) is 7.47. The van der Waals surface area contributed by atoms with Crippen molar-refractivity contribution in [3.05, 3.63) is 58.5 Å². The second kappa shape index (κ2) is 7.78. The summed E-state index contributed by atoms with van der Waals surface area (Å²) in [5, 5.41) is 0. The quantitative estimate of drug-likeness (QED) is 0.790. The first-order chi connectivity index (χ1) is 13.1. The highest BCUT2D eigenvalue weighted by molar-refractivity contribution is 5.46. The summed E-state index contributed by atoms with van der Waals surface area (Å²) in [6, 6.07) is 8.96. The van der Waals surface area contributed by atoms with Crippen molar-refractivity contribution in [2.24, 2.45) is 0 Å². The molecule has 0 aliphatic carbocycles. The largest absolute Gasteiger partial charge is 0.369 e. The zero-order valence-electron chi connectivity index (χ0n) is 15.7. The molecule has 27 heavy (non-hydrogen) atoms. The van der Waals surface area contributed by atoms with Crippen molar-refractivity contribution in [3.8, 4) is 0 Å². The van der Waals surface area contributed by atoms with Gasteiger partial charge in [-0.25, -0.2) is 9.37 Å². The standard InChI is InChI=1S/C20H26FN5O/c1-16-12-20(27)26(15-22-16)7-6-23-13-19(14-23)25-10-8-24(9-11-25)18-4-2-17(21)3-5-18/h2-5,12,15,19H,6-11,13-14H2,1H3. The lowest BCUT2D eigenvalue weighted by Gasteiger charge is -2.48. The fraction of sp³-hybridized carbons (Fsp3) is 0.500. The van der Waals surface area contributed by atoms with E-state index in [1.165, 1.54) is 12.1 Å². The molecule has 6 nitrogen and oxygen atoms in total. The van der Waals surface area contributed by atoms with E-state index < -0.39 is 0 Å². The van der Waals surface area contributed by atoms with Gasteiger partial charge < -0.3 is 4.90 Å². The average Bonchev–Trinajstić information content (AvgIpc) is 2.63. The minimum atomic E-state index is -0.185. The molecule has 2 saturated heterocycles. The van der Waals surface area contributed by atoms with E-state index in [0.29, 0.717) is 12.6 Å². The Labute approximate surface area is 158 Å². The molecule has 2 aliphatic heterocycles. The number of rotatable bonds is 5. The number of benzene rings is 1. The Balaban J connectivity index is 1.20. The normalized spacial score (nSPS) is 19.3. The molecule has 4 rings (SSSR count). The summed E-state index contributed by atoms with van der Waals surface area (Å²) in [6.45, 7) is 9.57. The number of hydrogen-bond acceptors (Lipinski definition) is 5. The Morgan fingerprint density at radius 1 is 1.07 bits per heavy atom. The smallest absolute Gasteiger partial charge is 0.253 e. The Morgan fingerprint density at radius 2 is 1.78 bits per heavy atom. The summed E-state index contributed by atoms with van der Waals surface area (Å²) < 4.78 is 14.8. The number of aromatic nitrogens is 2. The number of likely N-dealkylation sites (tertiary alicyclic amines) is 1. The van der Waals surface area contributed by atoms with Gasteiger partial charge in [-0.1, -0.05) is 0 Å². The van der Waals surface area contributed by atoms with Gasteiger partial charge in [0.05, 0.1) is 6.33 Å². The van der Waals surface area contributed by atoms with Gasteiger partial charge in [-0.2, -0.15) is 0 Å². The van der Waals surface area contributed by atoms with Crippen molar-refractivity contribution < 1.29 is 4.39 Å². The third-order valence-electron chi connectivity index (χ3n) is 5.63. The highest BCUT2D eigenvalue weighted by atomic mass is 19.1. The fourth-order valence-corrected chi connectivity index (χ4v) is 3.89. The third-order valence-corrected chi connectivity index (χ3v) is 5.63. The second-order valence-electron chi connectivity index (χ2n) is 7.47. The van der Waals surface area contributed by atoms with Gasteiger partial charge in [-0.05, 0) is 31.2 Å².